The number of carbonyl (C=O) groups excluding carboxylic acids is 1. The first-order chi connectivity index (χ1) is 10.3. The molecule has 0 aromatic heterocycles. The Morgan fingerprint density at radius 3 is 2.32 bits per heavy atom. The van der Waals surface area contributed by atoms with E-state index in [-0.39, 0.29) is 18.9 Å². The van der Waals surface area contributed by atoms with Gasteiger partial charge in [-0.15, -0.1) is 0 Å². The standard InChI is InChI=1S/C16H24N2O4/c1-16(2,11-10-14(19)17(3)22-4)18(15(20)21)12-13-8-6-5-7-9-13/h5-9H,10-12H2,1-4H3,(H,20,21). The van der Waals surface area contributed by atoms with Gasteiger partial charge in [0.1, 0.15) is 0 Å². The highest BCUT2D eigenvalue weighted by Gasteiger charge is 2.31. The Bertz CT molecular complexity index is 502. The minimum Gasteiger partial charge on any atom is -0.465 e. The maximum Gasteiger partial charge on any atom is 0.408 e. The van der Waals surface area contributed by atoms with Gasteiger partial charge in [0.25, 0.3) is 0 Å². The van der Waals surface area contributed by atoms with Gasteiger partial charge >= 0.3 is 6.09 Å². The van der Waals surface area contributed by atoms with Crippen molar-refractivity contribution in [3.63, 3.8) is 0 Å². The number of benzene rings is 1. The van der Waals surface area contributed by atoms with E-state index >= 15 is 0 Å². The Morgan fingerprint density at radius 1 is 1.23 bits per heavy atom. The van der Waals surface area contributed by atoms with E-state index in [4.69, 9.17) is 4.84 Å². The lowest BCUT2D eigenvalue weighted by molar-refractivity contribution is -0.169. The minimum atomic E-state index is -0.999. The molecule has 2 amide bonds. The minimum absolute atomic E-state index is 0.180. The Morgan fingerprint density at radius 2 is 1.82 bits per heavy atom. The maximum atomic E-state index is 11.8. The molecule has 1 rings (SSSR count). The van der Waals surface area contributed by atoms with Gasteiger partial charge in [0.05, 0.1) is 7.11 Å². The number of hydrogen-bond acceptors (Lipinski definition) is 3. The monoisotopic (exact) mass is 308 g/mol. The molecule has 1 N–H and O–H groups in total. The van der Waals surface area contributed by atoms with Gasteiger partial charge in [0, 0.05) is 25.6 Å². The molecule has 0 unspecified atom stereocenters. The van der Waals surface area contributed by atoms with Crippen LogP contribution in [0.4, 0.5) is 4.79 Å². The molecule has 0 aliphatic heterocycles. The summed E-state index contributed by atoms with van der Waals surface area (Å²) in [6.45, 7) is 3.94. The van der Waals surface area contributed by atoms with Crippen molar-refractivity contribution in [3.8, 4) is 0 Å². The summed E-state index contributed by atoms with van der Waals surface area (Å²) >= 11 is 0. The summed E-state index contributed by atoms with van der Waals surface area (Å²) in [6.07, 6.45) is -0.365. The molecule has 0 saturated heterocycles. The van der Waals surface area contributed by atoms with Gasteiger partial charge in [-0.3, -0.25) is 14.5 Å². The highest BCUT2D eigenvalue weighted by molar-refractivity contribution is 5.75. The average molecular weight is 308 g/mol. The Balaban J connectivity index is 2.76. The van der Waals surface area contributed by atoms with E-state index in [9.17, 15) is 14.7 Å². The van der Waals surface area contributed by atoms with Gasteiger partial charge in [-0.25, -0.2) is 9.86 Å². The first-order valence-electron chi connectivity index (χ1n) is 7.13. The van der Waals surface area contributed by atoms with Crippen molar-refractivity contribution < 1.29 is 19.5 Å². The summed E-state index contributed by atoms with van der Waals surface area (Å²) in [5.74, 6) is -0.180. The van der Waals surface area contributed by atoms with Crippen LogP contribution >= 0.6 is 0 Å². The fourth-order valence-electron chi connectivity index (χ4n) is 2.11. The van der Waals surface area contributed by atoms with Crippen molar-refractivity contribution in [2.24, 2.45) is 0 Å². The van der Waals surface area contributed by atoms with Crippen LogP contribution in [0.2, 0.25) is 0 Å². The summed E-state index contributed by atoms with van der Waals surface area (Å²) in [7, 11) is 2.95. The predicted octanol–water partition coefficient (Wildman–Crippen LogP) is 2.75. The van der Waals surface area contributed by atoms with E-state index < -0.39 is 11.6 Å². The Labute approximate surface area is 131 Å². The summed E-state index contributed by atoms with van der Waals surface area (Å²) in [6, 6.07) is 9.41. The molecule has 0 radical (unpaired) electrons. The fraction of sp³-hybridized carbons (Fsp3) is 0.500. The molecular weight excluding hydrogens is 284 g/mol. The van der Waals surface area contributed by atoms with Crippen molar-refractivity contribution in [2.45, 2.75) is 38.8 Å². The number of nitrogens with zero attached hydrogens (tertiary/aromatic N) is 2. The van der Waals surface area contributed by atoms with Crippen molar-refractivity contribution in [2.75, 3.05) is 14.2 Å². The molecule has 0 heterocycles. The van der Waals surface area contributed by atoms with Crippen LogP contribution in [0.3, 0.4) is 0 Å². The zero-order valence-corrected chi connectivity index (χ0v) is 13.6. The average Bonchev–Trinajstić information content (AvgIpc) is 2.50. The van der Waals surface area contributed by atoms with Crippen LogP contribution in [0.25, 0.3) is 0 Å². The van der Waals surface area contributed by atoms with E-state index in [1.54, 1.807) is 0 Å². The first kappa shape index (κ1) is 18.0. The number of hydroxylamine groups is 2. The van der Waals surface area contributed by atoms with Crippen molar-refractivity contribution >= 4 is 12.0 Å². The largest absolute Gasteiger partial charge is 0.465 e. The van der Waals surface area contributed by atoms with Crippen LogP contribution in [0.15, 0.2) is 30.3 Å². The van der Waals surface area contributed by atoms with Crippen LogP contribution in [-0.4, -0.2) is 46.8 Å². The molecule has 1 aromatic rings. The lowest BCUT2D eigenvalue weighted by Gasteiger charge is -2.37. The third-order valence-electron chi connectivity index (χ3n) is 3.72. The number of carbonyl (C=O) groups is 2. The van der Waals surface area contributed by atoms with E-state index in [1.807, 2.05) is 44.2 Å². The van der Waals surface area contributed by atoms with Crippen LogP contribution in [0.5, 0.6) is 0 Å². The number of hydrogen-bond donors (Lipinski definition) is 1. The fourth-order valence-corrected chi connectivity index (χ4v) is 2.11. The molecule has 0 bridgehead atoms. The second-order valence-electron chi connectivity index (χ2n) is 5.74. The molecule has 22 heavy (non-hydrogen) atoms. The molecule has 0 fully saturated rings. The molecule has 0 saturated carbocycles. The molecule has 0 aliphatic carbocycles. The normalized spacial score (nSPS) is 11.1. The molecule has 6 nitrogen and oxygen atoms in total. The second kappa shape index (κ2) is 7.79. The lowest BCUT2D eigenvalue weighted by atomic mass is 9.95. The highest BCUT2D eigenvalue weighted by Crippen LogP contribution is 2.24. The smallest absolute Gasteiger partial charge is 0.408 e. The number of carboxylic acid groups (broad SMARTS) is 1. The van der Waals surface area contributed by atoms with Gasteiger partial charge in [-0.1, -0.05) is 30.3 Å². The van der Waals surface area contributed by atoms with Crippen molar-refractivity contribution in [1.82, 2.24) is 9.96 Å². The predicted molar refractivity (Wildman–Crippen MR) is 83.1 cm³/mol. The Kier molecular flexibility index (Phi) is 6.37. The van der Waals surface area contributed by atoms with E-state index in [0.717, 1.165) is 10.6 Å². The SMILES string of the molecule is CON(C)C(=O)CCC(C)(C)N(Cc1ccccc1)C(=O)O. The first-order valence-corrected chi connectivity index (χ1v) is 7.13. The third kappa shape index (κ3) is 5.04. The molecule has 0 spiro atoms. The van der Waals surface area contributed by atoms with Gasteiger partial charge in [0.15, 0.2) is 0 Å². The topological polar surface area (TPSA) is 70.1 Å². The quantitative estimate of drug-likeness (QED) is 0.786. The summed E-state index contributed by atoms with van der Waals surface area (Å²) in [5.41, 5.74) is 0.254. The van der Waals surface area contributed by atoms with E-state index in [2.05, 4.69) is 0 Å². The van der Waals surface area contributed by atoms with Crippen molar-refractivity contribution in [1.29, 1.82) is 0 Å². The van der Waals surface area contributed by atoms with Crippen LogP contribution in [-0.2, 0) is 16.2 Å². The Hall–Kier alpha value is -2.08. The molecule has 6 heteroatoms. The zero-order chi connectivity index (χ0) is 16.8. The van der Waals surface area contributed by atoms with E-state index in [0.29, 0.717) is 6.42 Å². The highest BCUT2D eigenvalue weighted by atomic mass is 16.7. The lowest BCUT2D eigenvalue weighted by Crippen LogP contribution is -2.47. The second-order valence-corrected chi connectivity index (χ2v) is 5.74. The molecular formula is C16H24N2O4. The maximum absolute atomic E-state index is 11.8. The van der Waals surface area contributed by atoms with Gasteiger partial charge in [0.2, 0.25) is 5.91 Å². The third-order valence-corrected chi connectivity index (χ3v) is 3.72. The molecule has 1 aromatic carbocycles. The van der Waals surface area contributed by atoms with Gasteiger partial charge in [-0.05, 0) is 25.8 Å². The van der Waals surface area contributed by atoms with Gasteiger partial charge in [-0.2, -0.15) is 0 Å². The molecule has 0 aliphatic rings. The molecule has 122 valence electrons. The number of amides is 2. The van der Waals surface area contributed by atoms with Crippen LogP contribution in [0.1, 0.15) is 32.3 Å². The number of rotatable bonds is 7. The van der Waals surface area contributed by atoms with Crippen LogP contribution < -0.4 is 0 Å². The van der Waals surface area contributed by atoms with E-state index in [1.165, 1.54) is 19.1 Å². The van der Waals surface area contributed by atoms with Crippen LogP contribution in [0, 0.1) is 0 Å². The van der Waals surface area contributed by atoms with Gasteiger partial charge < -0.3 is 5.11 Å². The summed E-state index contributed by atoms with van der Waals surface area (Å²) < 4.78 is 0. The summed E-state index contributed by atoms with van der Waals surface area (Å²) in [5, 5.41) is 10.6. The van der Waals surface area contributed by atoms with Crippen molar-refractivity contribution in [3.05, 3.63) is 35.9 Å². The zero-order valence-electron chi connectivity index (χ0n) is 13.6. The molecule has 0 atom stereocenters. The summed E-state index contributed by atoms with van der Waals surface area (Å²) in [4.78, 5) is 29.6.